The minimum atomic E-state index is -0.570. The van der Waals surface area contributed by atoms with Gasteiger partial charge in [-0.2, -0.15) is 0 Å². The molecule has 0 amide bonds. The van der Waals surface area contributed by atoms with Crippen molar-refractivity contribution in [1.29, 1.82) is 0 Å². The summed E-state index contributed by atoms with van der Waals surface area (Å²) in [7, 11) is -0.570. The summed E-state index contributed by atoms with van der Waals surface area (Å²) < 4.78 is 11.0. The fraction of sp³-hybridized carbons (Fsp3) is 1.00. The van der Waals surface area contributed by atoms with Gasteiger partial charge in [-0.1, -0.05) is 0 Å². The lowest BCUT2D eigenvalue weighted by Crippen LogP contribution is -2.16. The maximum Gasteiger partial charge on any atom is 0.0853 e. The van der Waals surface area contributed by atoms with Crippen molar-refractivity contribution in [3.05, 3.63) is 0 Å². The summed E-state index contributed by atoms with van der Waals surface area (Å²) in [6, 6.07) is 0. The van der Waals surface area contributed by atoms with E-state index in [9.17, 15) is 4.21 Å². The van der Waals surface area contributed by atoms with Crippen molar-refractivity contribution in [1.82, 2.24) is 0 Å². The molecule has 1 fully saturated rings. The van der Waals surface area contributed by atoms with E-state index in [4.69, 9.17) is 0 Å². The largest absolute Gasteiger partial charge is 0.258 e. The molecule has 0 spiro atoms. The second-order valence-electron chi connectivity index (χ2n) is 2.30. The van der Waals surface area contributed by atoms with Crippen LogP contribution in [0.15, 0.2) is 0 Å². The maximum absolute atomic E-state index is 11.0. The van der Waals surface area contributed by atoms with Gasteiger partial charge in [0.05, 0.1) is 4.08 Å². The van der Waals surface area contributed by atoms with Crippen molar-refractivity contribution in [3.8, 4) is 0 Å². The zero-order valence-electron chi connectivity index (χ0n) is 5.14. The topological polar surface area (TPSA) is 17.1 Å². The van der Waals surface area contributed by atoms with E-state index in [1.54, 1.807) is 0 Å². The predicted molar refractivity (Wildman–Crippen MR) is 39.5 cm³/mol. The van der Waals surface area contributed by atoms with Crippen molar-refractivity contribution in [2.75, 3.05) is 11.5 Å². The van der Waals surface area contributed by atoms with Crippen LogP contribution in [0.4, 0.5) is 0 Å². The van der Waals surface area contributed by atoms with Gasteiger partial charge in [0.25, 0.3) is 0 Å². The molecular weight excluding hydrogens is 140 g/mol. The molecule has 1 aliphatic heterocycles. The summed E-state index contributed by atoms with van der Waals surface area (Å²) in [5, 5.41) is 0. The van der Waals surface area contributed by atoms with E-state index in [1.165, 1.54) is 0 Å². The van der Waals surface area contributed by atoms with Crippen molar-refractivity contribution < 1.29 is 4.21 Å². The van der Waals surface area contributed by atoms with Gasteiger partial charge in [0.1, 0.15) is 0 Å². The highest BCUT2D eigenvalue weighted by Gasteiger charge is 2.31. The highest BCUT2D eigenvalue weighted by molar-refractivity contribution is 8.15. The smallest absolute Gasteiger partial charge is 0.0853 e. The summed E-state index contributed by atoms with van der Waals surface area (Å²) in [4.78, 5) is 0. The third-order valence-electron chi connectivity index (χ3n) is 1.27. The Hall–Kier alpha value is 0.500. The van der Waals surface area contributed by atoms with Gasteiger partial charge in [-0.15, -0.1) is 11.8 Å². The van der Waals surface area contributed by atoms with Crippen LogP contribution in [-0.2, 0) is 10.8 Å². The molecule has 1 rings (SSSR count). The van der Waals surface area contributed by atoms with Gasteiger partial charge in [-0.05, 0) is 13.8 Å². The first-order chi connectivity index (χ1) is 3.63. The monoisotopic (exact) mass is 150 g/mol. The second-order valence-corrected chi connectivity index (χ2v) is 6.39. The fourth-order valence-corrected chi connectivity index (χ4v) is 3.62. The molecule has 8 heavy (non-hydrogen) atoms. The third-order valence-corrected chi connectivity index (χ3v) is 5.21. The number of hydrogen-bond donors (Lipinski definition) is 0. The van der Waals surface area contributed by atoms with E-state index < -0.39 is 10.8 Å². The van der Waals surface area contributed by atoms with E-state index in [0.29, 0.717) is 0 Å². The number of rotatable bonds is 0. The van der Waals surface area contributed by atoms with Crippen LogP contribution < -0.4 is 0 Å². The molecule has 0 saturated carbocycles. The Kier molecular flexibility index (Phi) is 1.68. The summed E-state index contributed by atoms with van der Waals surface area (Å²) in [5.74, 6) is 1.96. The van der Waals surface area contributed by atoms with Crippen LogP contribution in [0.25, 0.3) is 0 Å². The SMILES string of the molecule is CC1(C)SCC[S@]1=O. The molecule has 0 radical (unpaired) electrons. The Morgan fingerprint density at radius 1 is 1.62 bits per heavy atom. The first-order valence-electron chi connectivity index (χ1n) is 2.65. The van der Waals surface area contributed by atoms with Crippen LogP contribution >= 0.6 is 11.8 Å². The lowest BCUT2D eigenvalue weighted by molar-refractivity contribution is 0.676. The first kappa shape index (κ1) is 6.62. The van der Waals surface area contributed by atoms with Crippen molar-refractivity contribution in [2.45, 2.75) is 17.9 Å². The Morgan fingerprint density at radius 3 is 2.38 bits per heavy atom. The van der Waals surface area contributed by atoms with Crippen LogP contribution in [0.5, 0.6) is 0 Å². The average Bonchev–Trinajstić information content (AvgIpc) is 1.86. The molecule has 48 valence electrons. The number of thioether (sulfide) groups is 1. The van der Waals surface area contributed by atoms with Gasteiger partial charge < -0.3 is 0 Å². The van der Waals surface area contributed by atoms with Gasteiger partial charge in [0.15, 0.2) is 0 Å². The maximum atomic E-state index is 11.0. The molecule has 0 unspecified atom stereocenters. The molecule has 0 aromatic carbocycles. The third kappa shape index (κ3) is 1.08. The Labute approximate surface area is 56.7 Å². The summed E-state index contributed by atoms with van der Waals surface area (Å²) in [5.41, 5.74) is 0. The lowest BCUT2D eigenvalue weighted by atomic mass is 10.5. The minimum absolute atomic E-state index is 0.0417. The van der Waals surface area contributed by atoms with Crippen molar-refractivity contribution >= 4 is 22.6 Å². The standard InChI is InChI=1S/C5H10OS2/c1-5(2)7-3-4-8(5)6/h3-4H2,1-2H3/t8-/m1/s1. The van der Waals surface area contributed by atoms with Crippen LogP contribution in [-0.4, -0.2) is 19.8 Å². The van der Waals surface area contributed by atoms with E-state index >= 15 is 0 Å². The normalized spacial score (nSPS) is 35.5. The molecule has 0 N–H and O–H groups in total. The molecule has 3 heteroatoms. The molecule has 1 nitrogen and oxygen atoms in total. The zero-order chi connectivity index (χ0) is 6.20. The Bertz CT molecular complexity index is 120. The van der Waals surface area contributed by atoms with Gasteiger partial charge in [-0.3, -0.25) is 4.21 Å². The van der Waals surface area contributed by atoms with E-state index in [2.05, 4.69) is 0 Å². The van der Waals surface area contributed by atoms with Gasteiger partial charge in [-0.25, -0.2) is 0 Å². The van der Waals surface area contributed by atoms with E-state index in [0.717, 1.165) is 11.5 Å². The molecule has 1 atom stereocenters. The fourth-order valence-electron chi connectivity index (χ4n) is 0.675. The average molecular weight is 150 g/mol. The molecule has 1 saturated heterocycles. The quantitative estimate of drug-likeness (QED) is 0.516. The molecular formula is C5H10OS2. The zero-order valence-corrected chi connectivity index (χ0v) is 6.77. The van der Waals surface area contributed by atoms with Crippen LogP contribution in [0.1, 0.15) is 13.8 Å². The highest BCUT2D eigenvalue weighted by atomic mass is 32.2. The van der Waals surface area contributed by atoms with Crippen LogP contribution in [0, 0.1) is 0 Å². The van der Waals surface area contributed by atoms with Gasteiger partial charge >= 0.3 is 0 Å². The first-order valence-corrected chi connectivity index (χ1v) is 4.96. The Morgan fingerprint density at radius 2 is 2.25 bits per heavy atom. The molecule has 1 heterocycles. The lowest BCUT2D eigenvalue weighted by Gasteiger charge is -2.12. The van der Waals surface area contributed by atoms with E-state index in [1.807, 2.05) is 25.6 Å². The van der Waals surface area contributed by atoms with Gasteiger partial charge in [0, 0.05) is 22.3 Å². The minimum Gasteiger partial charge on any atom is -0.258 e. The molecule has 0 aliphatic carbocycles. The summed E-state index contributed by atoms with van der Waals surface area (Å²) in [6.07, 6.45) is 0. The summed E-state index contributed by atoms with van der Waals surface area (Å²) in [6.45, 7) is 4.08. The van der Waals surface area contributed by atoms with Crippen molar-refractivity contribution in [2.24, 2.45) is 0 Å². The molecule has 0 aromatic heterocycles. The molecule has 0 aromatic rings. The van der Waals surface area contributed by atoms with E-state index in [-0.39, 0.29) is 4.08 Å². The van der Waals surface area contributed by atoms with Crippen LogP contribution in [0.3, 0.4) is 0 Å². The van der Waals surface area contributed by atoms with Crippen molar-refractivity contribution in [3.63, 3.8) is 0 Å². The molecule has 1 aliphatic rings. The number of hydrogen-bond acceptors (Lipinski definition) is 2. The predicted octanol–water partition coefficient (Wildman–Crippen LogP) is 1.22. The van der Waals surface area contributed by atoms with Gasteiger partial charge in [0.2, 0.25) is 0 Å². The van der Waals surface area contributed by atoms with Crippen LogP contribution in [0.2, 0.25) is 0 Å². The second kappa shape index (κ2) is 2.03. The highest BCUT2D eigenvalue weighted by Crippen LogP contribution is 2.34. The molecule has 0 bridgehead atoms. The summed E-state index contributed by atoms with van der Waals surface area (Å²) >= 11 is 1.81. The Balaban J connectivity index is 2.68.